The second-order valence-corrected chi connectivity index (χ2v) is 6.31. The third-order valence-corrected chi connectivity index (χ3v) is 3.85. The van der Waals surface area contributed by atoms with Gasteiger partial charge in [-0.05, 0) is 55.8 Å². The van der Waals surface area contributed by atoms with E-state index in [0.29, 0.717) is 36.9 Å². The number of anilines is 1. The molecule has 0 aliphatic carbocycles. The molecule has 0 aliphatic rings. The van der Waals surface area contributed by atoms with Gasteiger partial charge in [0.2, 0.25) is 5.91 Å². The molecule has 2 rings (SSSR count). The molecule has 2 aromatic carbocycles. The van der Waals surface area contributed by atoms with E-state index in [1.807, 2.05) is 43.3 Å². The van der Waals surface area contributed by atoms with Crippen molar-refractivity contribution in [1.82, 2.24) is 5.32 Å². The molecule has 2 aromatic rings. The molecule has 0 radical (unpaired) electrons. The lowest BCUT2D eigenvalue weighted by molar-refractivity contribution is -0.125. The lowest BCUT2D eigenvalue weighted by Crippen LogP contribution is -2.30. The standard InChI is InChI=1S/C22H27N3O5/c1-4-28-20-9-11-21(12-10-20)29-14-13-23-22(27)15-30-25-16(2)18-5-7-19(8-6-18)24-17(3)26/h5-12H,4,13-15H2,1-3H3,(H,23,27)(H,24,26)/b25-16+. The van der Waals surface area contributed by atoms with Gasteiger partial charge in [0, 0.05) is 12.6 Å². The van der Waals surface area contributed by atoms with Crippen molar-refractivity contribution in [1.29, 1.82) is 0 Å². The average Bonchev–Trinajstić information content (AvgIpc) is 2.72. The highest BCUT2D eigenvalue weighted by Crippen LogP contribution is 2.17. The Morgan fingerprint density at radius 2 is 1.57 bits per heavy atom. The summed E-state index contributed by atoms with van der Waals surface area (Å²) in [7, 11) is 0. The van der Waals surface area contributed by atoms with E-state index in [9.17, 15) is 9.59 Å². The summed E-state index contributed by atoms with van der Waals surface area (Å²) in [6, 6.07) is 14.5. The molecular weight excluding hydrogens is 386 g/mol. The number of carbonyl (C=O) groups excluding carboxylic acids is 2. The van der Waals surface area contributed by atoms with Crippen LogP contribution < -0.4 is 20.1 Å². The predicted octanol–water partition coefficient (Wildman–Crippen LogP) is 2.98. The zero-order chi connectivity index (χ0) is 21.8. The van der Waals surface area contributed by atoms with Crippen LogP contribution in [0.1, 0.15) is 26.3 Å². The SMILES string of the molecule is CCOc1ccc(OCCNC(=O)CO/N=C(\C)c2ccc(NC(C)=O)cc2)cc1. The van der Waals surface area contributed by atoms with Gasteiger partial charge < -0.3 is 24.9 Å². The molecule has 8 heteroatoms. The molecule has 0 atom stereocenters. The first-order valence-electron chi connectivity index (χ1n) is 9.65. The number of nitrogens with one attached hydrogen (secondary N) is 2. The highest BCUT2D eigenvalue weighted by Gasteiger charge is 2.04. The summed E-state index contributed by atoms with van der Waals surface area (Å²) in [6.45, 7) is 6.26. The van der Waals surface area contributed by atoms with Crippen LogP contribution in [0.2, 0.25) is 0 Å². The third kappa shape index (κ3) is 8.22. The number of amides is 2. The van der Waals surface area contributed by atoms with E-state index in [1.54, 1.807) is 19.1 Å². The third-order valence-electron chi connectivity index (χ3n) is 3.85. The van der Waals surface area contributed by atoms with Crippen LogP contribution in [0.15, 0.2) is 53.7 Å². The Balaban J connectivity index is 1.65. The van der Waals surface area contributed by atoms with Gasteiger partial charge in [-0.15, -0.1) is 0 Å². The average molecular weight is 413 g/mol. The van der Waals surface area contributed by atoms with Gasteiger partial charge in [-0.1, -0.05) is 17.3 Å². The van der Waals surface area contributed by atoms with Crippen molar-refractivity contribution in [2.24, 2.45) is 5.16 Å². The van der Waals surface area contributed by atoms with Crippen molar-refractivity contribution < 1.29 is 23.9 Å². The van der Waals surface area contributed by atoms with Crippen LogP contribution in [0.25, 0.3) is 0 Å². The molecule has 8 nitrogen and oxygen atoms in total. The van der Waals surface area contributed by atoms with E-state index in [4.69, 9.17) is 14.3 Å². The quantitative estimate of drug-likeness (QED) is 0.335. The maximum absolute atomic E-state index is 11.8. The fourth-order valence-electron chi connectivity index (χ4n) is 2.45. The number of hydrogen-bond acceptors (Lipinski definition) is 6. The van der Waals surface area contributed by atoms with Crippen molar-refractivity contribution in [3.63, 3.8) is 0 Å². The normalized spacial score (nSPS) is 10.8. The fraction of sp³-hybridized carbons (Fsp3) is 0.318. The largest absolute Gasteiger partial charge is 0.494 e. The maximum atomic E-state index is 11.8. The van der Waals surface area contributed by atoms with Crippen LogP contribution in [0.4, 0.5) is 5.69 Å². The summed E-state index contributed by atoms with van der Waals surface area (Å²) in [4.78, 5) is 28.0. The minimum atomic E-state index is -0.289. The van der Waals surface area contributed by atoms with E-state index in [2.05, 4.69) is 15.8 Å². The summed E-state index contributed by atoms with van der Waals surface area (Å²) in [6.07, 6.45) is 0. The molecule has 0 saturated carbocycles. The zero-order valence-electron chi connectivity index (χ0n) is 17.4. The molecule has 160 valence electrons. The van der Waals surface area contributed by atoms with Gasteiger partial charge in [0.25, 0.3) is 5.91 Å². The van der Waals surface area contributed by atoms with E-state index in [-0.39, 0.29) is 18.4 Å². The minimum Gasteiger partial charge on any atom is -0.494 e. The van der Waals surface area contributed by atoms with Crippen LogP contribution in [0.5, 0.6) is 11.5 Å². The smallest absolute Gasteiger partial charge is 0.260 e. The summed E-state index contributed by atoms with van der Waals surface area (Å²) in [5, 5.41) is 9.34. The Labute approximate surface area is 176 Å². The first-order valence-corrected chi connectivity index (χ1v) is 9.65. The van der Waals surface area contributed by atoms with Crippen LogP contribution >= 0.6 is 0 Å². The number of rotatable bonds is 11. The Bertz CT molecular complexity index is 848. The van der Waals surface area contributed by atoms with Crippen LogP contribution in [0.3, 0.4) is 0 Å². The monoisotopic (exact) mass is 413 g/mol. The van der Waals surface area contributed by atoms with Crippen molar-refractivity contribution in [2.75, 3.05) is 31.7 Å². The summed E-state index contributed by atoms with van der Waals surface area (Å²) >= 11 is 0. The van der Waals surface area contributed by atoms with Crippen molar-refractivity contribution in [3.05, 3.63) is 54.1 Å². The molecule has 30 heavy (non-hydrogen) atoms. The highest BCUT2D eigenvalue weighted by atomic mass is 16.6. The topological polar surface area (TPSA) is 98.2 Å². The molecule has 0 saturated heterocycles. The van der Waals surface area contributed by atoms with Crippen molar-refractivity contribution in [2.45, 2.75) is 20.8 Å². The number of benzene rings is 2. The van der Waals surface area contributed by atoms with Gasteiger partial charge in [0.05, 0.1) is 18.9 Å². The van der Waals surface area contributed by atoms with Gasteiger partial charge in [0.1, 0.15) is 18.1 Å². The van der Waals surface area contributed by atoms with Gasteiger partial charge >= 0.3 is 0 Å². The molecule has 0 spiro atoms. The van der Waals surface area contributed by atoms with E-state index >= 15 is 0 Å². The fourth-order valence-corrected chi connectivity index (χ4v) is 2.45. The van der Waals surface area contributed by atoms with Gasteiger partial charge in [-0.3, -0.25) is 9.59 Å². The van der Waals surface area contributed by atoms with Gasteiger partial charge in [0.15, 0.2) is 6.61 Å². The maximum Gasteiger partial charge on any atom is 0.260 e. The Morgan fingerprint density at radius 1 is 0.933 bits per heavy atom. The van der Waals surface area contributed by atoms with Crippen LogP contribution in [0, 0.1) is 0 Å². The molecule has 2 N–H and O–H groups in total. The Morgan fingerprint density at radius 3 is 2.17 bits per heavy atom. The Hall–Kier alpha value is -3.55. The van der Waals surface area contributed by atoms with E-state index < -0.39 is 0 Å². The molecule has 0 aliphatic heterocycles. The number of ether oxygens (including phenoxy) is 2. The number of oxime groups is 1. The van der Waals surface area contributed by atoms with Crippen LogP contribution in [-0.2, 0) is 14.4 Å². The number of nitrogens with zero attached hydrogens (tertiary/aromatic N) is 1. The van der Waals surface area contributed by atoms with Gasteiger partial charge in [-0.2, -0.15) is 0 Å². The summed E-state index contributed by atoms with van der Waals surface area (Å²) in [5.41, 5.74) is 2.15. The van der Waals surface area contributed by atoms with Gasteiger partial charge in [-0.25, -0.2) is 0 Å². The van der Waals surface area contributed by atoms with E-state index in [0.717, 1.165) is 11.3 Å². The summed E-state index contributed by atoms with van der Waals surface area (Å²) in [5.74, 6) is 1.07. The molecule has 0 heterocycles. The molecule has 0 bridgehead atoms. The number of hydrogen-bond donors (Lipinski definition) is 2. The van der Waals surface area contributed by atoms with E-state index in [1.165, 1.54) is 6.92 Å². The molecule has 2 amide bonds. The minimum absolute atomic E-state index is 0.132. The first kappa shape index (κ1) is 22.7. The predicted molar refractivity (Wildman–Crippen MR) is 115 cm³/mol. The lowest BCUT2D eigenvalue weighted by Gasteiger charge is -2.09. The molecule has 0 fully saturated rings. The Kier molecular flexibility index (Phi) is 9.18. The van der Waals surface area contributed by atoms with Crippen molar-refractivity contribution >= 4 is 23.2 Å². The number of carbonyl (C=O) groups is 2. The molecule has 0 aromatic heterocycles. The van der Waals surface area contributed by atoms with Crippen LogP contribution in [-0.4, -0.2) is 43.9 Å². The first-order chi connectivity index (χ1) is 14.5. The lowest BCUT2D eigenvalue weighted by atomic mass is 10.1. The second-order valence-electron chi connectivity index (χ2n) is 6.31. The molecular formula is C22H27N3O5. The second kappa shape index (κ2) is 12.1. The summed E-state index contributed by atoms with van der Waals surface area (Å²) < 4.78 is 10.9. The van der Waals surface area contributed by atoms with Crippen molar-refractivity contribution in [3.8, 4) is 11.5 Å². The zero-order valence-corrected chi connectivity index (χ0v) is 17.4. The highest BCUT2D eigenvalue weighted by molar-refractivity contribution is 5.99. The molecule has 0 unspecified atom stereocenters.